The van der Waals surface area contributed by atoms with Gasteiger partial charge in [0.15, 0.2) is 0 Å². The van der Waals surface area contributed by atoms with E-state index in [0.29, 0.717) is 12.8 Å². The second-order valence-electron chi connectivity index (χ2n) is 5.33. The Morgan fingerprint density at radius 1 is 1.45 bits per heavy atom. The molecular weight excluding hydrogens is 304 g/mol. The zero-order chi connectivity index (χ0) is 16.2. The molecule has 0 unspecified atom stereocenters. The van der Waals surface area contributed by atoms with Gasteiger partial charge in [-0.05, 0) is 19.8 Å². The van der Waals surface area contributed by atoms with E-state index in [0.717, 1.165) is 35.7 Å². The molecule has 0 atom stereocenters. The van der Waals surface area contributed by atoms with E-state index in [2.05, 4.69) is 21.6 Å². The van der Waals surface area contributed by atoms with Gasteiger partial charge >= 0.3 is 0 Å². The largest absolute Gasteiger partial charge is 0.337 e. The lowest BCUT2D eigenvalue weighted by Gasteiger charge is -2.31. The van der Waals surface area contributed by atoms with Gasteiger partial charge < -0.3 is 11.2 Å². The number of carbonyl (C=O) groups excluding carboxylic acids is 1. The third kappa shape index (κ3) is 3.57. The van der Waals surface area contributed by atoms with Gasteiger partial charge in [0.2, 0.25) is 11.1 Å². The first-order valence-corrected chi connectivity index (χ1v) is 8.02. The predicted molar refractivity (Wildman–Crippen MR) is 81.5 cm³/mol. The molecule has 1 aromatic heterocycles. The average molecular weight is 322 g/mol. The molecule has 0 aliphatic heterocycles. The van der Waals surface area contributed by atoms with Crippen molar-refractivity contribution in [3.05, 3.63) is 16.0 Å². The number of hydrogen-bond donors (Lipinski definition) is 2. The summed E-state index contributed by atoms with van der Waals surface area (Å²) in [4.78, 5) is 23.7. The smallest absolute Gasteiger partial charge is 0.294 e. The van der Waals surface area contributed by atoms with E-state index in [-0.39, 0.29) is 22.5 Å². The first kappa shape index (κ1) is 16.3. The number of nitrogen functional groups attached to an aromatic ring is 1. The van der Waals surface area contributed by atoms with Gasteiger partial charge in [0.1, 0.15) is 11.2 Å². The topological polar surface area (TPSA) is 127 Å². The minimum Gasteiger partial charge on any atom is -0.337 e. The lowest BCUT2D eigenvalue weighted by molar-refractivity contribution is -0.120. The molecule has 1 heterocycles. The maximum atomic E-state index is 12.1. The van der Waals surface area contributed by atoms with E-state index >= 15 is 0 Å². The van der Waals surface area contributed by atoms with Gasteiger partial charge in [0.05, 0.1) is 11.8 Å². The molecule has 2 rings (SSSR count). The molecule has 0 aromatic carbocycles. The highest BCUT2D eigenvalue weighted by atomic mass is 32.2. The SMILES string of the molecule is Cc1nnc(SCC(=O)NC2(C#N)CCCCC2)n(N)c1=O. The van der Waals surface area contributed by atoms with E-state index < -0.39 is 11.1 Å². The average Bonchev–Trinajstić information content (AvgIpc) is 2.53. The Kier molecular flexibility index (Phi) is 5.03. The number of nitrogens with zero attached hydrogens (tertiary/aromatic N) is 4. The van der Waals surface area contributed by atoms with E-state index in [1.807, 2.05) is 0 Å². The summed E-state index contributed by atoms with van der Waals surface area (Å²) in [7, 11) is 0. The van der Waals surface area contributed by atoms with Crippen molar-refractivity contribution in [2.24, 2.45) is 0 Å². The molecule has 0 saturated heterocycles. The number of carbonyl (C=O) groups is 1. The molecule has 1 aromatic rings. The Hall–Kier alpha value is -2.08. The zero-order valence-electron chi connectivity index (χ0n) is 12.3. The van der Waals surface area contributed by atoms with Crippen molar-refractivity contribution in [3.8, 4) is 6.07 Å². The van der Waals surface area contributed by atoms with Crippen LogP contribution in [0.4, 0.5) is 0 Å². The first-order valence-electron chi connectivity index (χ1n) is 7.04. The molecule has 9 heteroatoms. The molecule has 0 bridgehead atoms. The highest BCUT2D eigenvalue weighted by Gasteiger charge is 2.33. The predicted octanol–water partition coefficient (Wildman–Crippen LogP) is 0.0953. The Morgan fingerprint density at radius 2 is 2.14 bits per heavy atom. The van der Waals surface area contributed by atoms with Gasteiger partial charge in [0, 0.05) is 0 Å². The number of nitriles is 1. The van der Waals surface area contributed by atoms with Crippen LogP contribution >= 0.6 is 11.8 Å². The van der Waals surface area contributed by atoms with Gasteiger partial charge in [-0.15, -0.1) is 10.2 Å². The van der Waals surface area contributed by atoms with E-state index in [1.165, 1.54) is 6.92 Å². The van der Waals surface area contributed by atoms with Crippen molar-refractivity contribution in [3.63, 3.8) is 0 Å². The molecule has 8 nitrogen and oxygen atoms in total. The summed E-state index contributed by atoms with van der Waals surface area (Å²) in [6, 6.07) is 2.23. The van der Waals surface area contributed by atoms with Gasteiger partial charge in [-0.1, -0.05) is 31.0 Å². The number of amides is 1. The van der Waals surface area contributed by atoms with Crippen molar-refractivity contribution in [2.75, 3.05) is 11.6 Å². The number of rotatable bonds is 4. The summed E-state index contributed by atoms with van der Waals surface area (Å²) in [5.41, 5.74) is -1.02. The van der Waals surface area contributed by atoms with Gasteiger partial charge in [-0.2, -0.15) is 9.94 Å². The molecule has 3 N–H and O–H groups in total. The van der Waals surface area contributed by atoms with Crippen LogP contribution in [0.25, 0.3) is 0 Å². The monoisotopic (exact) mass is 322 g/mol. The van der Waals surface area contributed by atoms with Gasteiger partial charge in [0.25, 0.3) is 5.56 Å². The molecule has 1 aliphatic rings. The van der Waals surface area contributed by atoms with Crippen LogP contribution in [0.15, 0.2) is 9.95 Å². The number of hydrogen-bond acceptors (Lipinski definition) is 7. The molecule has 1 saturated carbocycles. The van der Waals surface area contributed by atoms with Crippen LogP contribution in [-0.4, -0.2) is 32.1 Å². The number of nitrogens with one attached hydrogen (secondary N) is 1. The highest BCUT2D eigenvalue weighted by Crippen LogP contribution is 2.27. The number of aryl methyl sites for hydroxylation is 1. The van der Waals surface area contributed by atoms with Crippen LogP contribution in [0.5, 0.6) is 0 Å². The second kappa shape index (κ2) is 6.79. The number of nitrogens with two attached hydrogens (primary N) is 1. The van der Waals surface area contributed by atoms with Crippen LogP contribution in [0.1, 0.15) is 37.8 Å². The van der Waals surface area contributed by atoms with Crippen LogP contribution in [0, 0.1) is 18.3 Å². The zero-order valence-corrected chi connectivity index (χ0v) is 13.2. The quantitative estimate of drug-likeness (QED) is 0.594. The van der Waals surface area contributed by atoms with E-state index in [4.69, 9.17) is 5.84 Å². The maximum absolute atomic E-state index is 12.1. The Morgan fingerprint density at radius 3 is 2.77 bits per heavy atom. The Balaban J connectivity index is 1.97. The standard InChI is InChI=1S/C13H18N6O2S/c1-9-11(21)19(15)12(18-17-9)22-7-10(20)16-13(8-14)5-3-2-4-6-13/h2-7,15H2,1H3,(H,16,20). The third-order valence-electron chi connectivity index (χ3n) is 3.65. The fourth-order valence-electron chi connectivity index (χ4n) is 2.42. The van der Waals surface area contributed by atoms with E-state index in [1.54, 1.807) is 0 Å². The minimum atomic E-state index is -0.767. The second-order valence-corrected chi connectivity index (χ2v) is 6.28. The van der Waals surface area contributed by atoms with Crippen molar-refractivity contribution < 1.29 is 4.79 Å². The van der Waals surface area contributed by atoms with Crippen LogP contribution < -0.4 is 16.7 Å². The van der Waals surface area contributed by atoms with Gasteiger partial charge in [-0.25, -0.2) is 0 Å². The fraction of sp³-hybridized carbons (Fsp3) is 0.615. The molecule has 0 spiro atoms. The van der Waals surface area contributed by atoms with Crippen LogP contribution in [0.2, 0.25) is 0 Å². The summed E-state index contributed by atoms with van der Waals surface area (Å²) < 4.78 is 0.876. The fourth-order valence-corrected chi connectivity index (χ4v) is 3.07. The third-order valence-corrected chi connectivity index (χ3v) is 4.60. The maximum Gasteiger partial charge on any atom is 0.294 e. The molecule has 1 aliphatic carbocycles. The van der Waals surface area contributed by atoms with Gasteiger partial charge in [-0.3, -0.25) is 9.59 Å². The number of thioether (sulfide) groups is 1. The summed E-state index contributed by atoms with van der Waals surface area (Å²) in [6.07, 6.45) is 4.31. The Labute approximate surface area is 132 Å². The highest BCUT2D eigenvalue weighted by molar-refractivity contribution is 7.99. The summed E-state index contributed by atoms with van der Waals surface area (Å²) in [6.45, 7) is 1.51. The summed E-state index contributed by atoms with van der Waals surface area (Å²) in [5, 5.41) is 19.8. The van der Waals surface area contributed by atoms with Crippen LogP contribution in [-0.2, 0) is 4.79 Å². The first-order chi connectivity index (χ1) is 10.5. The lowest BCUT2D eigenvalue weighted by atomic mass is 9.83. The van der Waals surface area contributed by atoms with Crippen LogP contribution in [0.3, 0.4) is 0 Å². The lowest BCUT2D eigenvalue weighted by Crippen LogP contribution is -2.49. The molecule has 22 heavy (non-hydrogen) atoms. The van der Waals surface area contributed by atoms with Crippen molar-refractivity contribution in [1.82, 2.24) is 20.2 Å². The minimum absolute atomic E-state index is 0.0256. The number of aromatic nitrogens is 3. The Bertz CT molecular complexity index is 659. The van der Waals surface area contributed by atoms with Crippen molar-refractivity contribution in [1.29, 1.82) is 5.26 Å². The van der Waals surface area contributed by atoms with E-state index in [9.17, 15) is 14.9 Å². The van der Waals surface area contributed by atoms with Crippen molar-refractivity contribution >= 4 is 17.7 Å². The summed E-state index contributed by atoms with van der Waals surface area (Å²) >= 11 is 1.02. The molecular formula is C13H18N6O2S. The molecule has 118 valence electrons. The van der Waals surface area contributed by atoms with Crippen molar-refractivity contribution in [2.45, 2.75) is 49.7 Å². The summed E-state index contributed by atoms with van der Waals surface area (Å²) in [5.74, 6) is 5.35. The molecule has 0 radical (unpaired) electrons. The molecule has 1 amide bonds. The normalized spacial score (nSPS) is 16.7. The molecule has 1 fully saturated rings.